The number of ether oxygens (including phenoxy) is 1. The lowest BCUT2D eigenvalue weighted by Gasteiger charge is -2.24. The summed E-state index contributed by atoms with van der Waals surface area (Å²) in [5.74, 6) is 1.18. The molecule has 0 saturated carbocycles. The van der Waals surface area contributed by atoms with E-state index in [-0.39, 0.29) is 30.1 Å². The maximum absolute atomic E-state index is 12.1. The molecule has 0 spiro atoms. The van der Waals surface area contributed by atoms with Gasteiger partial charge in [-0.05, 0) is 43.9 Å². The molecule has 0 radical (unpaired) electrons. The Morgan fingerprint density at radius 1 is 1.22 bits per heavy atom. The molecule has 178 valence electrons. The first-order chi connectivity index (χ1) is 14.7. The van der Waals surface area contributed by atoms with Gasteiger partial charge in [0.2, 0.25) is 0 Å². The van der Waals surface area contributed by atoms with Crippen LogP contribution in [0.3, 0.4) is 0 Å². The first-order valence-corrected chi connectivity index (χ1v) is 10.6. The first-order valence-electron chi connectivity index (χ1n) is 10.6. The zero-order chi connectivity index (χ0) is 22.9. The Kier molecular flexibility index (Phi) is 11.5. The van der Waals surface area contributed by atoms with Crippen molar-refractivity contribution in [1.82, 2.24) is 25.3 Å². The van der Waals surface area contributed by atoms with Crippen LogP contribution < -0.4 is 10.6 Å². The van der Waals surface area contributed by atoms with E-state index in [0.717, 1.165) is 30.2 Å². The molecule has 0 aliphatic heterocycles. The van der Waals surface area contributed by atoms with E-state index >= 15 is 0 Å². The van der Waals surface area contributed by atoms with E-state index < -0.39 is 5.60 Å². The first kappa shape index (κ1) is 27.7. The molecule has 1 aromatic heterocycles. The minimum atomic E-state index is -0.496. The third-order valence-electron chi connectivity index (χ3n) is 4.51. The van der Waals surface area contributed by atoms with Crippen LogP contribution in [0.2, 0.25) is 0 Å². The summed E-state index contributed by atoms with van der Waals surface area (Å²) in [6.07, 6.45) is 3.44. The summed E-state index contributed by atoms with van der Waals surface area (Å²) in [6, 6.07) is 10.1. The third-order valence-corrected chi connectivity index (χ3v) is 4.51. The van der Waals surface area contributed by atoms with Crippen molar-refractivity contribution in [3.63, 3.8) is 0 Å². The molecule has 2 aromatic rings. The van der Waals surface area contributed by atoms with Crippen molar-refractivity contribution < 1.29 is 9.53 Å². The van der Waals surface area contributed by atoms with Crippen LogP contribution in [-0.4, -0.2) is 53.0 Å². The SMILES string of the molecule is CN=C(NCc1ccc(CN(C)C(=O)OC(C)(C)C)cc1)NCC(C)Cn1cccn1.I. The molecule has 1 aromatic carbocycles. The third kappa shape index (κ3) is 10.3. The minimum absolute atomic E-state index is 0. The molecule has 1 unspecified atom stereocenters. The van der Waals surface area contributed by atoms with Gasteiger partial charge in [0.1, 0.15) is 5.60 Å². The summed E-state index contributed by atoms with van der Waals surface area (Å²) in [5.41, 5.74) is 1.69. The smallest absolute Gasteiger partial charge is 0.410 e. The minimum Gasteiger partial charge on any atom is -0.444 e. The van der Waals surface area contributed by atoms with Gasteiger partial charge in [0, 0.05) is 52.7 Å². The molecule has 32 heavy (non-hydrogen) atoms. The van der Waals surface area contributed by atoms with Crippen LogP contribution in [0.5, 0.6) is 0 Å². The fourth-order valence-electron chi connectivity index (χ4n) is 2.91. The number of carbonyl (C=O) groups excluding carboxylic acids is 1. The molecule has 0 saturated heterocycles. The number of nitrogens with one attached hydrogen (secondary N) is 2. The fourth-order valence-corrected chi connectivity index (χ4v) is 2.91. The Morgan fingerprint density at radius 3 is 2.44 bits per heavy atom. The molecule has 1 atom stereocenters. The second kappa shape index (κ2) is 13.3. The maximum atomic E-state index is 12.1. The van der Waals surface area contributed by atoms with Gasteiger partial charge in [0.05, 0.1) is 0 Å². The Balaban J connectivity index is 0.00000512. The van der Waals surface area contributed by atoms with Crippen LogP contribution >= 0.6 is 24.0 Å². The topological polar surface area (TPSA) is 83.8 Å². The van der Waals surface area contributed by atoms with E-state index in [4.69, 9.17) is 4.74 Å². The molecule has 0 aliphatic rings. The molecule has 2 rings (SSSR count). The monoisotopic (exact) mass is 556 g/mol. The average molecular weight is 556 g/mol. The highest BCUT2D eigenvalue weighted by molar-refractivity contribution is 14.0. The maximum Gasteiger partial charge on any atom is 0.410 e. The quantitative estimate of drug-likeness (QED) is 0.293. The second-order valence-corrected chi connectivity index (χ2v) is 8.79. The zero-order valence-electron chi connectivity index (χ0n) is 20.0. The van der Waals surface area contributed by atoms with Crippen molar-refractivity contribution in [2.75, 3.05) is 20.6 Å². The number of carbonyl (C=O) groups is 1. The summed E-state index contributed by atoms with van der Waals surface area (Å²) in [6.45, 7) is 10.6. The lowest BCUT2D eigenvalue weighted by Crippen LogP contribution is -2.39. The number of guanidine groups is 1. The normalized spacial score (nSPS) is 12.5. The number of aromatic nitrogens is 2. The van der Waals surface area contributed by atoms with E-state index in [1.165, 1.54) is 0 Å². The predicted molar refractivity (Wildman–Crippen MR) is 139 cm³/mol. The number of hydrogen-bond acceptors (Lipinski definition) is 4. The number of benzene rings is 1. The van der Waals surface area contributed by atoms with E-state index in [9.17, 15) is 4.79 Å². The Morgan fingerprint density at radius 2 is 1.88 bits per heavy atom. The second-order valence-electron chi connectivity index (χ2n) is 8.79. The van der Waals surface area contributed by atoms with Gasteiger partial charge in [-0.25, -0.2) is 4.79 Å². The lowest BCUT2D eigenvalue weighted by atomic mass is 10.1. The van der Waals surface area contributed by atoms with Gasteiger partial charge >= 0.3 is 6.09 Å². The van der Waals surface area contributed by atoms with Crippen molar-refractivity contribution in [2.24, 2.45) is 10.9 Å². The van der Waals surface area contributed by atoms with E-state index in [2.05, 4.69) is 39.8 Å². The molecule has 8 nitrogen and oxygen atoms in total. The molecule has 0 fully saturated rings. The van der Waals surface area contributed by atoms with Crippen molar-refractivity contribution in [2.45, 2.75) is 52.9 Å². The van der Waals surface area contributed by atoms with Crippen molar-refractivity contribution in [3.8, 4) is 0 Å². The van der Waals surface area contributed by atoms with Gasteiger partial charge in [-0.1, -0.05) is 31.2 Å². The van der Waals surface area contributed by atoms with Crippen LogP contribution in [-0.2, 0) is 24.4 Å². The number of nitrogens with zero attached hydrogens (tertiary/aromatic N) is 4. The summed E-state index contributed by atoms with van der Waals surface area (Å²) in [5, 5.41) is 10.9. The summed E-state index contributed by atoms with van der Waals surface area (Å²) >= 11 is 0. The van der Waals surface area contributed by atoms with Crippen LogP contribution in [0.15, 0.2) is 47.7 Å². The van der Waals surface area contributed by atoms with E-state index in [0.29, 0.717) is 19.0 Å². The van der Waals surface area contributed by atoms with Crippen LogP contribution in [0, 0.1) is 5.92 Å². The number of halogens is 1. The molecular formula is C23H37IN6O2. The summed E-state index contributed by atoms with van der Waals surface area (Å²) in [7, 11) is 3.51. The fraction of sp³-hybridized carbons (Fsp3) is 0.522. The predicted octanol–water partition coefficient (Wildman–Crippen LogP) is 3.87. The summed E-state index contributed by atoms with van der Waals surface area (Å²) in [4.78, 5) is 18.0. The lowest BCUT2D eigenvalue weighted by molar-refractivity contribution is 0.0285. The van der Waals surface area contributed by atoms with Crippen LogP contribution in [0.25, 0.3) is 0 Å². The van der Waals surface area contributed by atoms with E-state index in [1.807, 2.05) is 49.8 Å². The molecule has 0 bridgehead atoms. The van der Waals surface area contributed by atoms with Gasteiger partial charge in [-0.15, -0.1) is 24.0 Å². The average Bonchev–Trinajstić information content (AvgIpc) is 3.21. The number of amides is 1. The molecule has 1 heterocycles. The summed E-state index contributed by atoms with van der Waals surface area (Å²) < 4.78 is 7.33. The Hall–Kier alpha value is -2.30. The van der Waals surface area contributed by atoms with Gasteiger partial charge in [0.25, 0.3) is 0 Å². The zero-order valence-corrected chi connectivity index (χ0v) is 22.3. The largest absolute Gasteiger partial charge is 0.444 e. The highest BCUT2D eigenvalue weighted by Crippen LogP contribution is 2.12. The number of rotatable bonds is 8. The van der Waals surface area contributed by atoms with Crippen molar-refractivity contribution in [1.29, 1.82) is 0 Å². The highest BCUT2D eigenvalue weighted by Gasteiger charge is 2.19. The van der Waals surface area contributed by atoms with Gasteiger partial charge < -0.3 is 20.3 Å². The van der Waals surface area contributed by atoms with Crippen LogP contribution in [0.4, 0.5) is 4.79 Å². The highest BCUT2D eigenvalue weighted by atomic mass is 127. The molecule has 0 aliphatic carbocycles. The van der Waals surface area contributed by atoms with Crippen LogP contribution in [0.1, 0.15) is 38.8 Å². The molecular weight excluding hydrogens is 519 g/mol. The number of aliphatic imine (C=N–C) groups is 1. The van der Waals surface area contributed by atoms with Crippen molar-refractivity contribution in [3.05, 3.63) is 53.9 Å². The number of hydrogen-bond donors (Lipinski definition) is 2. The Labute approximate surface area is 208 Å². The Bertz CT molecular complexity index is 831. The molecule has 2 N–H and O–H groups in total. The van der Waals surface area contributed by atoms with Gasteiger partial charge in [0.15, 0.2) is 5.96 Å². The standard InChI is InChI=1S/C23H36N6O2.HI/c1-18(16-29-13-7-12-27-29)14-25-21(24-5)26-15-19-8-10-20(11-9-19)17-28(6)22(30)31-23(2,3)4;/h7-13,18H,14-17H2,1-6H3,(H2,24,25,26);1H. The van der Waals surface area contributed by atoms with Crippen molar-refractivity contribution >= 4 is 36.0 Å². The molecule has 1 amide bonds. The van der Waals surface area contributed by atoms with E-state index in [1.54, 1.807) is 25.2 Å². The van der Waals surface area contributed by atoms with Gasteiger partial charge in [-0.3, -0.25) is 9.67 Å². The molecule has 9 heteroatoms. The van der Waals surface area contributed by atoms with Gasteiger partial charge in [-0.2, -0.15) is 5.10 Å².